The number of anilines is 3. The van der Waals surface area contributed by atoms with Crippen LogP contribution in [0.25, 0.3) is 21.2 Å². The lowest BCUT2D eigenvalue weighted by molar-refractivity contribution is 0.414. The van der Waals surface area contributed by atoms with Crippen molar-refractivity contribution in [3.8, 4) is 11.1 Å². The Morgan fingerprint density at radius 2 is 1.60 bits per heavy atom. The highest BCUT2D eigenvalue weighted by Gasteiger charge is 2.48. The van der Waals surface area contributed by atoms with Crippen LogP contribution in [0.5, 0.6) is 0 Å². The smallest absolute Gasteiger partial charge is 0.260 e. The highest BCUT2D eigenvalue weighted by molar-refractivity contribution is 7.33. The first-order valence-electron chi connectivity index (χ1n) is 20.5. The molecule has 5 aromatic carbocycles. The molecular weight excluding hydrogens is 657 g/mol. The number of benzene rings is 5. The molecule has 0 amide bonds. The molecule has 0 N–H and O–H groups in total. The molecule has 1 aromatic heterocycles. The minimum absolute atomic E-state index is 0.110. The molecule has 3 heterocycles. The summed E-state index contributed by atoms with van der Waals surface area (Å²) in [6, 6.07) is 38.6. The van der Waals surface area contributed by atoms with Crippen LogP contribution in [0.15, 0.2) is 97.1 Å². The molecule has 0 saturated carbocycles. The highest BCUT2D eigenvalue weighted by Crippen LogP contribution is 2.51. The first-order valence-corrected chi connectivity index (χ1v) is 21.4. The minimum atomic E-state index is -0.110. The van der Waals surface area contributed by atoms with Gasteiger partial charge in [-0.05, 0) is 118 Å². The van der Waals surface area contributed by atoms with Crippen molar-refractivity contribution in [2.45, 2.75) is 117 Å². The summed E-state index contributed by atoms with van der Waals surface area (Å²) >= 11 is 2.05. The van der Waals surface area contributed by atoms with E-state index in [1.807, 2.05) is 0 Å². The summed E-state index contributed by atoms with van der Waals surface area (Å²) in [7, 11) is 0. The molecule has 1 nitrogen and oxygen atoms in total. The van der Waals surface area contributed by atoms with Gasteiger partial charge in [0, 0.05) is 31.5 Å². The average Bonchev–Trinajstić information content (AvgIpc) is 3.54. The fourth-order valence-electron chi connectivity index (χ4n) is 10.2. The first-order chi connectivity index (χ1) is 25.7. The second kappa shape index (κ2) is 13.0. The molecule has 3 heteroatoms. The Labute approximate surface area is 322 Å². The molecule has 0 spiro atoms. The molecule has 268 valence electrons. The van der Waals surface area contributed by atoms with Crippen molar-refractivity contribution in [1.29, 1.82) is 0 Å². The first kappa shape index (κ1) is 34.7. The second-order valence-electron chi connectivity index (χ2n) is 17.2. The van der Waals surface area contributed by atoms with Crippen LogP contribution in [0.4, 0.5) is 17.1 Å². The van der Waals surface area contributed by atoms with Crippen molar-refractivity contribution in [3.63, 3.8) is 0 Å². The number of hydrogen-bond acceptors (Lipinski definition) is 2. The summed E-state index contributed by atoms with van der Waals surface area (Å²) < 4.78 is 2.90. The number of fused-ring (bicyclic) bond motifs is 7. The van der Waals surface area contributed by atoms with Gasteiger partial charge in [0.15, 0.2) is 0 Å². The lowest BCUT2D eigenvalue weighted by Crippen LogP contribution is -2.63. The number of thiophene rings is 1. The fourth-order valence-corrected chi connectivity index (χ4v) is 11.5. The van der Waals surface area contributed by atoms with Crippen molar-refractivity contribution in [3.05, 3.63) is 130 Å². The van der Waals surface area contributed by atoms with Crippen LogP contribution >= 0.6 is 11.3 Å². The van der Waals surface area contributed by atoms with Crippen LogP contribution in [-0.2, 0) is 23.7 Å². The SMILES string of the molecule is CCCCC(C)c1ccc2c(c1)B1c3sc4ccc(C(C)(CC)CCC)cc4c3N(c3cc4c(cc3-c3ccccc3)CC4)c3cccc(c31)C2(C)C. The highest BCUT2D eigenvalue weighted by atomic mass is 32.1. The quantitative estimate of drug-likeness (QED) is 0.128. The number of hydrogen-bond donors (Lipinski definition) is 0. The van der Waals surface area contributed by atoms with E-state index in [4.69, 9.17) is 0 Å². The topological polar surface area (TPSA) is 3.24 Å². The molecule has 2 unspecified atom stereocenters. The maximum absolute atomic E-state index is 2.73. The van der Waals surface area contributed by atoms with Crippen LogP contribution in [0.2, 0.25) is 0 Å². The van der Waals surface area contributed by atoms with Crippen LogP contribution < -0.4 is 20.6 Å². The van der Waals surface area contributed by atoms with E-state index in [1.165, 1.54) is 126 Å². The van der Waals surface area contributed by atoms with E-state index in [2.05, 4.69) is 162 Å². The van der Waals surface area contributed by atoms with Gasteiger partial charge in [-0.15, -0.1) is 11.3 Å². The molecule has 3 aliphatic rings. The van der Waals surface area contributed by atoms with E-state index in [0.29, 0.717) is 5.92 Å². The van der Waals surface area contributed by atoms with Crippen molar-refractivity contribution in [2.24, 2.45) is 0 Å². The van der Waals surface area contributed by atoms with Gasteiger partial charge in [0.05, 0.1) is 11.4 Å². The lowest BCUT2D eigenvalue weighted by Gasteiger charge is -2.45. The lowest BCUT2D eigenvalue weighted by atomic mass is 9.32. The Bertz CT molecular complexity index is 2370. The summed E-state index contributed by atoms with van der Waals surface area (Å²) in [5.41, 5.74) is 18.7. The number of nitrogens with zero attached hydrogens (tertiary/aromatic N) is 1. The van der Waals surface area contributed by atoms with Crippen molar-refractivity contribution in [2.75, 3.05) is 4.90 Å². The zero-order chi connectivity index (χ0) is 36.6. The van der Waals surface area contributed by atoms with Crippen LogP contribution in [-0.4, -0.2) is 6.71 Å². The van der Waals surface area contributed by atoms with Gasteiger partial charge in [-0.25, -0.2) is 0 Å². The van der Waals surface area contributed by atoms with Crippen LogP contribution in [0.1, 0.15) is 126 Å². The Balaban J connectivity index is 1.37. The molecule has 0 saturated heterocycles. The van der Waals surface area contributed by atoms with E-state index < -0.39 is 0 Å². The van der Waals surface area contributed by atoms with Gasteiger partial charge >= 0.3 is 0 Å². The second-order valence-corrected chi connectivity index (χ2v) is 18.3. The Morgan fingerprint density at radius 3 is 2.34 bits per heavy atom. The molecule has 0 radical (unpaired) electrons. The molecule has 1 aliphatic carbocycles. The Kier molecular flexibility index (Phi) is 8.54. The van der Waals surface area contributed by atoms with Gasteiger partial charge in [-0.1, -0.05) is 140 Å². The van der Waals surface area contributed by atoms with E-state index in [-0.39, 0.29) is 17.5 Å². The molecule has 0 bridgehead atoms. The van der Waals surface area contributed by atoms with E-state index in [9.17, 15) is 0 Å². The third kappa shape index (κ3) is 5.31. The Hall–Kier alpha value is -4.08. The van der Waals surface area contributed by atoms with Gasteiger partial charge in [0.1, 0.15) is 0 Å². The molecule has 6 aromatic rings. The van der Waals surface area contributed by atoms with Gasteiger partial charge < -0.3 is 4.90 Å². The third-order valence-electron chi connectivity index (χ3n) is 13.7. The van der Waals surface area contributed by atoms with Crippen molar-refractivity contribution in [1.82, 2.24) is 0 Å². The zero-order valence-electron chi connectivity index (χ0n) is 32.9. The standard InChI is InChI=1S/C50H54BNS/c1-8-11-16-32(4)34-23-25-40-42(29-34)51-46-41(49(40,5)6)19-15-20-43(46)52(44-30-36-22-21-35(36)28-38(44)33-17-13-12-14-18-33)47-39-31-37(50(7,10-3)27-9-2)24-26-45(39)53-48(47)51/h12-15,17-20,23-26,28-32H,8-11,16,21-22,27H2,1-7H3. The van der Waals surface area contributed by atoms with E-state index in [0.717, 1.165) is 12.8 Å². The Morgan fingerprint density at radius 1 is 0.811 bits per heavy atom. The van der Waals surface area contributed by atoms with E-state index in [1.54, 1.807) is 0 Å². The van der Waals surface area contributed by atoms with Gasteiger partial charge in [0.25, 0.3) is 6.71 Å². The van der Waals surface area contributed by atoms with Crippen molar-refractivity contribution >= 4 is 60.9 Å². The molecule has 0 fully saturated rings. The van der Waals surface area contributed by atoms with Gasteiger partial charge in [-0.3, -0.25) is 0 Å². The maximum Gasteiger partial charge on any atom is 0.260 e. The zero-order valence-corrected chi connectivity index (χ0v) is 33.7. The summed E-state index contributed by atoms with van der Waals surface area (Å²) in [5.74, 6) is 0.547. The fraction of sp³-hybridized carbons (Fsp3) is 0.360. The molecule has 9 rings (SSSR count). The summed E-state index contributed by atoms with van der Waals surface area (Å²) in [5, 5.41) is 1.41. The van der Waals surface area contributed by atoms with Gasteiger partial charge in [0.2, 0.25) is 0 Å². The summed E-state index contributed by atoms with van der Waals surface area (Å²) in [6.45, 7) is 17.1. The van der Waals surface area contributed by atoms with Gasteiger partial charge in [-0.2, -0.15) is 0 Å². The maximum atomic E-state index is 2.73. The molecule has 2 aliphatic heterocycles. The monoisotopic (exact) mass is 711 g/mol. The molecule has 53 heavy (non-hydrogen) atoms. The molecule has 2 atom stereocenters. The normalized spacial score (nSPS) is 16.7. The minimum Gasteiger partial charge on any atom is -0.309 e. The number of rotatable bonds is 10. The third-order valence-corrected chi connectivity index (χ3v) is 14.9. The summed E-state index contributed by atoms with van der Waals surface area (Å²) in [6.07, 6.45) is 9.62. The predicted octanol–water partition coefficient (Wildman–Crippen LogP) is 12.4. The largest absolute Gasteiger partial charge is 0.309 e. The van der Waals surface area contributed by atoms with Crippen LogP contribution in [0, 0.1) is 0 Å². The predicted molar refractivity (Wildman–Crippen MR) is 233 cm³/mol. The summed E-state index contributed by atoms with van der Waals surface area (Å²) in [4.78, 5) is 2.73. The number of aryl methyl sites for hydroxylation is 2. The van der Waals surface area contributed by atoms with Crippen molar-refractivity contribution < 1.29 is 0 Å². The van der Waals surface area contributed by atoms with Crippen LogP contribution in [0.3, 0.4) is 0 Å². The van der Waals surface area contributed by atoms with E-state index >= 15 is 0 Å². The number of unbranched alkanes of at least 4 members (excludes halogenated alkanes) is 1. The average molecular weight is 712 g/mol. The molecular formula is C50H54BNS.